The minimum absolute atomic E-state index is 0.684. The van der Waals surface area contributed by atoms with Crippen LogP contribution in [0.3, 0.4) is 0 Å². The van der Waals surface area contributed by atoms with E-state index in [1.807, 2.05) is 0 Å². The quantitative estimate of drug-likeness (QED) is 0.756. The number of piperidine rings is 1. The van der Waals surface area contributed by atoms with E-state index in [9.17, 15) is 0 Å². The lowest BCUT2D eigenvalue weighted by Crippen LogP contribution is -2.43. The molecule has 0 spiro atoms. The maximum absolute atomic E-state index is 3.67. The van der Waals surface area contributed by atoms with Crippen LogP contribution in [-0.2, 0) is 0 Å². The van der Waals surface area contributed by atoms with Crippen molar-refractivity contribution in [3.8, 4) is 0 Å². The smallest absolute Gasteiger partial charge is 0.0192 e. The number of hydrogen-bond donors (Lipinski definition) is 1. The van der Waals surface area contributed by atoms with Crippen LogP contribution in [0, 0.1) is 5.92 Å². The first-order valence-electron chi connectivity index (χ1n) is 7.28. The highest BCUT2D eigenvalue weighted by Gasteiger charge is 2.28. The van der Waals surface area contributed by atoms with E-state index in [2.05, 4.69) is 36.1 Å². The third kappa shape index (κ3) is 4.23. The average Bonchev–Trinajstić information content (AvgIpc) is 3.12. The van der Waals surface area contributed by atoms with Gasteiger partial charge < -0.3 is 10.2 Å². The molecule has 3 heteroatoms. The van der Waals surface area contributed by atoms with Crippen LogP contribution in [0.5, 0.6) is 0 Å². The first-order chi connectivity index (χ1) is 8.16. The van der Waals surface area contributed by atoms with Gasteiger partial charge in [-0.15, -0.1) is 0 Å². The van der Waals surface area contributed by atoms with Crippen molar-refractivity contribution >= 4 is 0 Å². The van der Waals surface area contributed by atoms with Crippen molar-refractivity contribution in [2.75, 3.05) is 40.3 Å². The summed E-state index contributed by atoms with van der Waals surface area (Å²) in [6.45, 7) is 7.26. The Balaban J connectivity index is 1.58. The zero-order valence-corrected chi connectivity index (χ0v) is 11.8. The van der Waals surface area contributed by atoms with E-state index in [4.69, 9.17) is 0 Å². The Hall–Kier alpha value is -0.120. The van der Waals surface area contributed by atoms with Gasteiger partial charge in [0, 0.05) is 25.2 Å². The molecule has 1 saturated carbocycles. The van der Waals surface area contributed by atoms with Gasteiger partial charge in [-0.1, -0.05) is 0 Å². The molecule has 0 bridgehead atoms. The SMILES string of the molecule is CC(CNCC1CCCN(C)C1)N(C)C1CC1. The van der Waals surface area contributed by atoms with Gasteiger partial charge in [0.2, 0.25) is 0 Å². The Morgan fingerprint density at radius 2 is 2.12 bits per heavy atom. The van der Waals surface area contributed by atoms with Crippen LogP contribution in [-0.4, -0.2) is 62.2 Å². The summed E-state index contributed by atoms with van der Waals surface area (Å²) in [6.07, 6.45) is 5.60. The summed E-state index contributed by atoms with van der Waals surface area (Å²) in [7, 11) is 4.52. The van der Waals surface area contributed by atoms with Crippen LogP contribution < -0.4 is 5.32 Å². The van der Waals surface area contributed by atoms with Crippen LogP contribution in [0.25, 0.3) is 0 Å². The van der Waals surface area contributed by atoms with Gasteiger partial charge in [0.15, 0.2) is 0 Å². The van der Waals surface area contributed by atoms with Gasteiger partial charge in [-0.3, -0.25) is 4.90 Å². The van der Waals surface area contributed by atoms with E-state index in [0.29, 0.717) is 6.04 Å². The predicted molar refractivity (Wildman–Crippen MR) is 73.3 cm³/mol. The summed E-state index contributed by atoms with van der Waals surface area (Å²) in [4.78, 5) is 5.01. The van der Waals surface area contributed by atoms with Gasteiger partial charge in [-0.2, -0.15) is 0 Å². The summed E-state index contributed by atoms with van der Waals surface area (Å²) in [5.41, 5.74) is 0. The Labute approximate surface area is 107 Å². The molecule has 1 saturated heterocycles. The van der Waals surface area contributed by atoms with Gasteiger partial charge >= 0.3 is 0 Å². The molecule has 0 aromatic rings. The normalized spacial score (nSPS) is 28.6. The molecule has 0 aromatic heterocycles. The standard InChI is InChI=1S/C14H29N3/c1-12(17(3)14-6-7-14)9-15-10-13-5-4-8-16(2)11-13/h12-15H,4-11H2,1-3H3. The van der Waals surface area contributed by atoms with Gasteiger partial charge in [0.1, 0.15) is 0 Å². The zero-order valence-electron chi connectivity index (χ0n) is 11.8. The van der Waals surface area contributed by atoms with E-state index in [1.54, 1.807) is 0 Å². The number of nitrogens with one attached hydrogen (secondary N) is 1. The summed E-state index contributed by atoms with van der Waals surface area (Å²) in [5.74, 6) is 0.868. The third-order valence-corrected chi connectivity index (χ3v) is 4.41. The van der Waals surface area contributed by atoms with Gasteiger partial charge in [0.05, 0.1) is 0 Å². The van der Waals surface area contributed by atoms with Crippen LogP contribution >= 0.6 is 0 Å². The summed E-state index contributed by atoms with van der Waals surface area (Å²) < 4.78 is 0. The minimum Gasteiger partial charge on any atom is -0.315 e. The summed E-state index contributed by atoms with van der Waals surface area (Å²) in [5, 5.41) is 3.67. The van der Waals surface area contributed by atoms with Crippen molar-refractivity contribution in [3.63, 3.8) is 0 Å². The molecule has 1 N–H and O–H groups in total. The number of rotatable bonds is 6. The van der Waals surface area contributed by atoms with Crippen molar-refractivity contribution < 1.29 is 0 Å². The van der Waals surface area contributed by atoms with Gasteiger partial charge in [0.25, 0.3) is 0 Å². The lowest BCUT2D eigenvalue weighted by Gasteiger charge is -2.31. The lowest BCUT2D eigenvalue weighted by molar-refractivity contribution is 0.197. The molecule has 0 amide bonds. The Kier molecular flexibility index (Phi) is 4.83. The van der Waals surface area contributed by atoms with Crippen LogP contribution in [0.15, 0.2) is 0 Å². The molecule has 1 aliphatic carbocycles. The Bertz CT molecular complexity index is 226. The van der Waals surface area contributed by atoms with E-state index in [-0.39, 0.29) is 0 Å². The number of nitrogens with zero attached hydrogens (tertiary/aromatic N) is 2. The third-order valence-electron chi connectivity index (χ3n) is 4.41. The maximum Gasteiger partial charge on any atom is 0.0192 e. The van der Waals surface area contributed by atoms with Crippen LogP contribution in [0.1, 0.15) is 32.6 Å². The Morgan fingerprint density at radius 3 is 2.76 bits per heavy atom. The highest BCUT2D eigenvalue weighted by Crippen LogP contribution is 2.26. The number of likely N-dealkylation sites (tertiary alicyclic amines) is 1. The van der Waals surface area contributed by atoms with Crippen LogP contribution in [0.2, 0.25) is 0 Å². The van der Waals surface area contributed by atoms with E-state index in [0.717, 1.165) is 18.5 Å². The highest BCUT2D eigenvalue weighted by atomic mass is 15.2. The summed E-state index contributed by atoms with van der Waals surface area (Å²) >= 11 is 0. The van der Waals surface area contributed by atoms with Crippen molar-refractivity contribution in [1.29, 1.82) is 0 Å². The van der Waals surface area contributed by atoms with Crippen LogP contribution in [0.4, 0.5) is 0 Å². The molecule has 2 fully saturated rings. The first kappa shape index (κ1) is 13.3. The van der Waals surface area contributed by atoms with Gasteiger partial charge in [-0.25, -0.2) is 0 Å². The maximum atomic E-state index is 3.67. The molecule has 2 rings (SSSR count). The average molecular weight is 239 g/mol. The van der Waals surface area contributed by atoms with Crippen molar-refractivity contribution in [2.45, 2.75) is 44.7 Å². The molecule has 2 aliphatic rings. The second kappa shape index (κ2) is 6.17. The molecule has 3 nitrogen and oxygen atoms in total. The molecule has 17 heavy (non-hydrogen) atoms. The molecule has 2 unspecified atom stereocenters. The molecule has 0 aromatic carbocycles. The predicted octanol–water partition coefficient (Wildman–Crippen LogP) is 1.40. The first-order valence-corrected chi connectivity index (χ1v) is 7.28. The largest absolute Gasteiger partial charge is 0.315 e. The lowest BCUT2D eigenvalue weighted by atomic mass is 9.98. The fraction of sp³-hybridized carbons (Fsp3) is 1.00. The molecule has 1 heterocycles. The fourth-order valence-electron chi connectivity index (χ4n) is 2.92. The second-order valence-electron chi connectivity index (χ2n) is 6.17. The Morgan fingerprint density at radius 1 is 1.35 bits per heavy atom. The minimum atomic E-state index is 0.684. The van der Waals surface area contributed by atoms with Crippen molar-refractivity contribution in [3.05, 3.63) is 0 Å². The van der Waals surface area contributed by atoms with Crippen molar-refractivity contribution in [1.82, 2.24) is 15.1 Å². The molecule has 0 radical (unpaired) electrons. The van der Waals surface area contributed by atoms with E-state index < -0.39 is 0 Å². The zero-order chi connectivity index (χ0) is 12.3. The fourth-order valence-corrected chi connectivity index (χ4v) is 2.92. The molecule has 1 aliphatic heterocycles. The number of likely N-dealkylation sites (N-methyl/N-ethyl adjacent to an activating group) is 1. The molecule has 100 valence electrons. The van der Waals surface area contributed by atoms with Gasteiger partial charge in [-0.05, 0) is 65.7 Å². The summed E-state index contributed by atoms with van der Waals surface area (Å²) in [6, 6.07) is 1.57. The molecular weight excluding hydrogens is 210 g/mol. The molecule has 2 atom stereocenters. The van der Waals surface area contributed by atoms with Crippen molar-refractivity contribution in [2.24, 2.45) is 5.92 Å². The number of hydrogen-bond acceptors (Lipinski definition) is 3. The topological polar surface area (TPSA) is 18.5 Å². The highest BCUT2D eigenvalue weighted by molar-refractivity contribution is 4.86. The van der Waals surface area contributed by atoms with E-state index in [1.165, 1.54) is 45.3 Å². The second-order valence-corrected chi connectivity index (χ2v) is 6.17. The van der Waals surface area contributed by atoms with E-state index >= 15 is 0 Å². The molecular formula is C14H29N3. The monoisotopic (exact) mass is 239 g/mol.